The molecule has 2 heterocycles. The average molecular weight is 355 g/mol. The fraction of sp³-hybridized carbons (Fsp3) is 0.526. The van der Waals surface area contributed by atoms with E-state index in [1.165, 1.54) is 24.9 Å². The van der Waals surface area contributed by atoms with Crippen LogP contribution in [0.4, 0.5) is 23.1 Å². The van der Waals surface area contributed by atoms with Gasteiger partial charge >= 0.3 is 0 Å². The van der Waals surface area contributed by atoms with E-state index in [0.29, 0.717) is 11.8 Å². The van der Waals surface area contributed by atoms with Crippen molar-refractivity contribution in [2.45, 2.75) is 25.7 Å². The van der Waals surface area contributed by atoms with Crippen molar-refractivity contribution in [3.63, 3.8) is 0 Å². The average Bonchev–Trinajstić information content (AvgIpc) is 2.67. The van der Waals surface area contributed by atoms with Crippen molar-refractivity contribution in [1.29, 1.82) is 0 Å². The smallest absolute Gasteiger partial charge is 0.244 e. The van der Waals surface area contributed by atoms with Crippen LogP contribution in [0.15, 0.2) is 30.5 Å². The van der Waals surface area contributed by atoms with E-state index in [4.69, 9.17) is 0 Å². The van der Waals surface area contributed by atoms with Crippen molar-refractivity contribution in [1.82, 2.24) is 20.1 Å². The summed E-state index contributed by atoms with van der Waals surface area (Å²) >= 11 is 0. The fourth-order valence-electron chi connectivity index (χ4n) is 3.09. The van der Waals surface area contributed by atoms with Gasteiger partial charge in [-0.25, -0.2) is 0 Å². The number of nitrogens with one attached hydrogen (secondary N) is 2. The van der Waals surface area contributed by atoms with Gasteiger partial charge in [-0.3, -0.25) is 0 Å². The molecule has 3 rings (SSSR count). The molecule has 1 fully saturated rings. The van der Waals surface area contributed by atoms with E-state index in [0.717, 1.165) is 38.3 Å². The molecule has 0 amide bonds. The van der Waals surface area contributed by atoms with Gasteiger partial charge in [0.2, 0.25) is 5.95 Å². The van der Waals surface area contributed by atoms with Crippen molar-refractivity contribution in [2.24, 2.45) is 0 Å². The van der Waals surface area contributed by atoms with E-state index in [9.17, 15) is 0 Å². The molecule has 0 saturated carbocycles. The Morgan fingerprint density at radius 1 is 1.08 bits per heavy atom. The molecule has 1 aliphatic rings. The molecule has 140 valence electrons. The molecule has 0 radical (unpaired) electrons. The topological polar surface area (TPSA) is 69.2 Å². The third kappa shape index (κ3) is 5.56. The maximum absolute atomic E-state index is 4.48. The second-order valence-electron chi connectivity index (χ2n) is 6.97. The SMILES string of the molecule is CN(C)CCCNc1nncc(Nc2ccc(N3CCCCC3)cc2)n1. The molecular weight excluding hydrogens is 326 g/mol. The minimum Gasteiger partial charge on any atom is -0.372 e. The summed E-state index contributed by atoms with van der Waals surface area (Å²) in [4.78, 5) is 9.09. The maximum atomic E-state index is 4.48. The molecule has 2 aromatic rings. The number of rotatable bonds is 8. The predicted molar refractivity (Wildman–Crippen MR) is 107 cm³/mol. The highest BCUT2D eigenvalue weighted by atomic mass is 15.3. The van der Waals surface area contributed by atoms with E-state index in [2.05, 4.69) is 74.0 Å². The van der Waals surface area contributed by atoms with Crippen LogP contribution in [0.3, 0.4) is 0 Å². The second kappa shape index (κ2) is 9.33. The first-order valence-corrected chi connectivity index (χ1v) is 9.41. The normalized spacial score (nSPS) is 14.5. The minimum absolute atomic E-state index is 0.554. The van der Waals surface area contributed by atoms with Gasteiger partial charge < -0.3 is 20.4 Å². The predicted octanol–water partition coefficient (Wildman–Crippen LogP) is 2.97. The zero-order valence-corrected chi connectivity index (χ0v) is 15.8. The summed E-state index contributed by atoms with van der Waals surface area (Å²) in [6, 6.07) is 8.53. The lowest BCUT2D eigenvalue weighted by Crippen LogP contribution is -2.29. The van der Waals surface area contributed by atoms with Gasteiger partial charge in [0, 0.05) is 31.0 Å². The first kappa shape index (κ1) is 18.4. The highest BCUT2D eigenvalue weighted by Gasteiger charge is 2.10. The minimum atomic E-state index is 0.554. The molecule has 7 nitrogen and oxygen atoms in total. The van der Waals surface area contributed by atoms with Gasteiger partial charge in [-0.15, -0.1) is 5.10 Å². The summed E-state index contributed by atoms with van der Waals surface area (Å²) in [7, 11) is 4.14. The van der Waals surface area contributed by atoms with Gasteiger partial charge in [-0.1, -0.05) is 0 Å². The molecule has 7 heteroatoms. The molecule has 0 atom stereocenters. The Balaban J connectivity index is 1.54. The number of anilines is 4. The lowest BCUT2D eigenvalue weighted by Gasteiger charge is -2.28. The molecule has 0 bridgehead atoms. The van der Waals surface area contributed by atoms with Crippen LogP contribution in [0, 0.1) is 0 Å². The number of benzene rings is 1. The van der Waals surface area contributed by atoms with Crippen molar-refractivity contribution >= 4 is 23.1 Å². The van der Waals surface area contributed by atoms with E-state index in [-0.39, 0.29) is 0 Å². The van der Waals surface area contributed by atoms with Gasteiger partial charge in [0.1, 0.15) is 0 Å². The molecule has 0 unspecified atom stereocenters. The van der Waals surface area contributed by atoms with Crippen molar-refractivity contribution < 1.29 is 0 Å². The van der Waals surface area contributed by atoms with Gasteiger partial charge in [0.05, 0.1) is 6.20 Å². The number of hydrogen-bond acceptors (Lipinski definition) is 7. The van der Waals surface area contributed by atoms with E-state index in [1.54, 1.807) is 6.20 Å². The number of piperidine rings is 1. The van der Waals surface area contributed by atoms with Gasteiger partial charge in [0.25, 0.3) is 0 Å². The quantitative estimate of drug-likeness (QED) is 0.706. The third-order valence-corrected chi connectivity index (χ3v) is 4.48. The molecule has 26 heavy (non-hydrogen) atoms. The Hall–Kier alpha value is -2.41. The van der Waals surface area contributed by atoms with Crippen LogP contribution in [-0.2, 0) is 0 Å². The number of aromatic nitrogens is 3. The summed E-state index contributed by atoms with van der Waals surface area (Å²) in [5.74, 6) is 1.25. The third-order valence-electron chi connectivity index (χ3n) is 4.48. The van der Waals surface area contributed by atoms with E-state index >= 15 is 0 Å². The van der Waals surface area contributed by atoms with Crippen LogP contribution in [0.2, 0.25) is 0 Å². The summed E-state index contributed by atoms with van der Waals surface area (Å²) in [5.41, 5.74) is 2.30. The monoisotopic (exact) mass is 355 g/mol. The Labute approximate surface area is 155 Å². The molecule has 0 spiro atoms. The first-order valence-electron chi connectivity index (χ1n) is 9.41. The first-order chi connectivity index (χ1) is 12.7. The zero-order valence-electron chi connectivity index (χ0n) is 15.8. The van der Waals surface area contributed by atoms with Crippen molar-refractivity contribution in [3.05, 3.63) is 30.5 Å². The highest BCUT2D eigenvalue weighted by Crippen LogP contribution is 2.23. The molecule has 2 N–H and O–H groups in total. The van der Waals surface area contributed by atoms with Crippen LogP contribution >= 0.6 is 0 Å². The standard InChI is InChI=1S/C19H29N7/c1-25(2)12-6-11-20-19-23-18(15-21-24-19)22-16-7-9-17(10-8-16)26-13-4-3-5-14-26/h7-10,15H,3-6,11-14H2,1-2H3,(H2,20,22,23,24). The summed E-state index contributed by atoms with van der Waals surface area (Å²) in [5, 5.41) is 14.6. The van der Waals surface area contributed by atoms with Crippen LogP contribution in [0.1, 0.15) is 25.7 Å². The Bertz CT molecular complexity index is 666. The van der Waals surface area contributed by atoms with Gasteiger partial charge in [-0.05, 0) is 70.6 Å². The van der Waals surface area contributed by atoms with Crippen LogP contribution < -0.4 is 15.5 Å². The zero-order chi connectivity index (χ0) is 18.2. The van der Waals surface area contributed by atoms with Crippen LogP contribution in [-0.4, -0.2) is 60.4 Å². The summed E-state index contributed by atoms with van der Waals surface area (Å²) in [6.07, 6.45) is 6.60. The fourth-order valence-corrected chi connectivity index (χ4v) is 3.09. The van der Waals surface area contributed by atoms with Crippen molar-refractivity contribution in [2.75, 3.05) is 55.8 Å². The van der Waals surface area contributed by atoms with Crippen LogP contribution in [0.25, 0.3) is 0 Å². The highest BCUT2D eigenvalue weighted by molar-refractivity contribution is 5.60. The van der Waals surface area contributed by atoms with Crippen LogP contribution in [0.5, 0.6) is 0 Å². The molecule has 1 aromatic carbocycles. The summed E-state index contributed by atoms with van der Waals surface area (Å²) in [6.45, 7) is 4.17. The lowest BCUT2D eigenvalue weighted by molar-refractivity contribution is 0.405. The largest absolute Gasteiger partial charge is 0.372 e. The maximum Gasteiger partial charge on any atom is 0.244 e. The lowest BCUT2D eigenvalue weighted by atomic mass is 10.1. The molecule has 0 aliphatic carbocycles. The van der Waals surface area contributed by atoms with E-state index < -0.39 is 0 Å². The Morgan fingerprint density at radius 3 is 2.58 bits per heavy atom. The van der Waals surface area contributed by atoms with Crippen molar-refractivity contribution in [3.8, 4) is 0 Å². The molecule has 1 saturated heterocycles. The van der Waals surface area contributed by atoms with Gasteiger partial charge in [-0.2, -0.15) is 10.1 Å². The Kier molecular flexibility index (Phi) is 6.60. The molecule has 1 aromatic heterocycles. The molecule has 1 aliphatic heterocycles. The Morgan fingerprint density at radius 2 is 1.85 bits per heavy atom. The second-order valence-corrected chi connectivity index (χ2v) is 6.97. The summed E-state index contributed by atoms with van der Waals surface area (Å²) < 4.78 is 0. The molecular formula is C19H29N7. The van der Waals surface area contributed by atoms with E-state index in [1.807, 2.05) is 0 Å². The van der Waals surface area contributed by atoms with Gasteiger partial charge in [0.15, 0.2) is 5.82 Å². The number of hydrogen-bond donors (Lipinski definition) is 2. The number of nitrogens with zero attached hydrogens (tertiary/aromatic N) is 5.